The first-order valence-corrected chi connectivity index (χ1v) is 9.08. The molecule has 1 atom stereocenters. The third-order valence-corrected chi connectivity index (χ3v) is 5.27. The van der Waals surface area contributed by atoms with Crippen LogP contribution in [-0.4, -0.2) is 24.5 Å². The molecule has 0 radical (unpaired) electrons. The highest BCUT2D eigenvalue weighted by atomic mass is 127. The lowest BCUT2D eigenvalue weighted by Crippen LogP contribution is -2.34. The van der Waals surface area contributed by atoms with Crippen LogP contribution in [0.2, 0.25) is 0 Å². The first-order chi connectivity index (χ1) is 11.7. The largest absolute Gasteiger partial charge is 0.497 e. The van der Waals surface area contributed by atoms with Crippen molar-refractivity contribution in [2.45, 2.75) is 18.9 Å². The van der Waals surface area contributed by atoms with Crippen LogP contribution < -0.4 is 4.74 Å². The number of hydrogen-bond donors (Lipinski definition) is 0. The molecule has 0 saturated carbocycles. The van der Waals surface area contributed by atoms with E-state index in [0.29, 0.717) is 13.1 Å². The average molecular weight is 433 g/mol. The van der Waals surface area contributed by atoms with Gasteiger partial charge in [0.1, 0.15) is 5.75 Å². The first-order valence-electron chi connectivity index (χ1n) is 8.00. The summed E-state index contributed by atoms with van der Waals surface area (Å²) in [5, 5.41) is 0. The number of ether oxygens (including phenoxy) is 1. The van der Waals surface area contributed by atoms with Crippen LogP contribution in [0.3, 0.4) is 0 Å². The third-order valence-electron chi connectivity index (χ3n) is 4.29. The Morgan fingerprint density at radius 1 is 1.12 bits per heavy atom. The molecule has 3 nitrogen and oxygen atoms in total. The van der Waals surface area contributed by atoms with Gasteiger partial charge in [-0.15, -0.1) is 0 Å². The molecular weight excluding hydrogens is 413 g/mol. The summed E-state index contributed by atoms with van der Waals surface area (Å²) in [5.41, 5.74) is 2.23. The lowest BCUT2D eigenvalue weighted by atomic mass is 9.94. The standard InChI is InChI=1S/C20H20INO2/c1-24-16-11-9-15(10-12-16)14-22-13-5-4-7-18(20(22)23)17-6-2-3-8-19(17)21/h2-6,8-12,18H,7,13-14H2,1H3. The van der Waals surface area contributed by atoms with Crippen molar-refractivity contribution >= 4 is 28.5 Å². The van der Waals surface area contributed by atoms with E-state index in [1.165, 1.54) is 0 Å². The molecule has 1 aliphatic heterocycles. The number of methoxy groups -OCH3 is 1. The summed E-state index contributed by atoms with van der Waals surface area (Å²) in [5.74, 6) is 0.924. The lowest BCUT2D eigenvalue weighted by molar-refractivity contribution is -0.132. The van der Waals surface area contributed by atoms with Crippen molar-refractivity contribution in [1.29, 1.82) is 0 Å². The number of benzene rings is 2. The van der Waals surface area contributed by atoms with E-state index in [1.807, 2.05) is 41.3 Å². The zero-order valence-electron chi connectivity index (χ0n) is 13.6. The summed E-state index contributed by atoms with van der Waals surface area (Å²) < 4.78 is 6.34. The number of amides is 1. The molecule has 1 unspecified atom stereocenters. The lowest BCUT2D eigenvalue weighted by Gasteiger charge is -2.25. The van der Waals surface area contributed by atoms with E-state index in [1.54, 1.807) is 7.11 Å². The highest BCUT2D eigenvalue weighted by molar-refractivity contribution is 14.1. The summed E-state index contributed by atoms with van der Waals surface area (Å²) in [6, 6.07) is 16.0. The van der Waals surface area contributed by atoms with Crippen molar-refractivity contribution in [3.63, 3.8) is 0 Å². The van der Waals surface area contributed by atoms with Gasteiger partial charge >= 0.3 is 0 Å². The highest BCUT2D eigenvalue weighted by Crippen LogP contribution is 2.29. The van der Waals surface area contributed by atoms with Gasteiger partial charge in [0.25, 0.3) is 0 Å². The Kier molecular flexibility index (Phi) is 5.56. The second kappa shape index (κ2) is 7.83. The monoisotopic (exact) mass is 433 g/mol. The first kappa shape index (κ1) is 17.0. The molecular formula is C20H20INO2. The Bertz CT molecular complexity index is 740. The van der Waals surface area contributed by atoms with E-state index < -0.39 is 0 Å². The minimum Gasteiger partial charge on any atom is -0.497 e. The molecule has 1 aliphatic rings. The van der Waals surface area contributed by atoms with Crippen molar-refractivity contribution in [1.82, 2.24) is 4.90 Å². The number of carbonyl (C=O) groups is 1. The number of hydrogen-bond acceptors (Lipinski definition) is 2. The molecule has 124 valence electrons. The second-order valence-corrected chi connectivity index (χ2v) is 7.01. The van der Waals surface area contributed by atoms with Crippen LogP contribution in [0, 0.1) is 3.57 Å². The van der Waals surface area contributed by atoms with Crippen molar-refractivity contribution in [3.8, 4) is 5.75 Å². The van der Waals surface area contributed by atoms with Gasteiger partial charge in [-0.25, -0.2) is 0 Å². The molecule has 1 amide bonds. The molecule has 1 heterocycles. The molecule has 0 fully saturated rings. The maximum atomic E-state index is 13.1. The molecule has 24 heavy (non-hydrogen) atoms. The quantitative estimate of drug-likeness (QED) is 0.530. The summed E-state index contributed by atoms with van der Waals surface area (Å²) in [6.45, 7) is 1.28. The molecule has 2 aromatic rings. The van der Waals surface area contributed by atoms with Crippen LogP contribution in [0.15, 0.2) is 60.7 Å². The summed E-state index contributed by atoms with van der Waals surface area (Å²) >= 11 is 2.32. The third kappa shape index (κ3) is 3.80. The average Bonchev–Trinajstić information content (AvgIpc) is 2.78. The van der Waals surface area contributed by atoms with Gasteiger partial charge < -0.3 is 9.64 Å². The number of halogens is 1. The number of carbonyl (C=O) groups excluding carboxylic acids is 1. The van der Waals surface area contributed by atoms with E-state index in [0.717, 1.165) is 26.9 Å². The summed E-state index contributed by atoms with van der Waals surface area (Å²) in [4.78, 5) is 15.0. The van der Waals surface area contributed by atoms with Crippen molar-refractivity contribution in [2.24, 2.45) is 0 Å². The zero-order chi connectivity index (χ0) is 16.9. The van der Waals surface area contributed by atoms with Crippen LogP contribution in [-0.2, 0) is 11.3 Å². The van der Waals surface area contributed by atoms with Crippen molar-refractivity contribution in [2.75, 3.05) is 13.7 Å². The maximum Gasteiger partial charge on any atom is 0.231 e. The van der Waals surface area contributed by atoms with Crippen LogP contribution in [0.25, 0.3) is 0 Å². The van der Waals surface area contributed by atoms with Gasteiger partial charge in [0.15, 0.2) is 0 Å². The topological polar surface area (TPSA) is 29.5 Å². The van der Waals surface area contributed by atoms with E-state index in [4.69, 9.17) is 4.74 Å². The fourth-order valence-corrected chi connectivity index (χ4v) is 3.72. The van der Waals surface area contributed by atoms with Crippen molar-refractivity contribution in [3.05, 3.63) is 75.4 Å². The summed E-state index contributed by atoms with van der Waals surface area (Å²) in [6.07, 6.45) is 4.98. The predicted octanol–water partition coefficient (Wildman–Crippen LogP) is 4.37. The predicted molar refractivity (Wildman–Crippen MR) is 104 cm³/mol. The minimum absolute atomic E-state index is 0.102. The SMILES string of the molecule is COc1ccc(CN2CC=CCC(c3ccccc3I)C2=O)cc1. The highest BCUT2D eigenvalue weighted by Gasteiger charge is 2.27. The Labute approximate surface area is 156 Å². The van der Waals surface area contributed by atoms with Crippen molar-refractivity contribution < 1.29 is 9.53 Å². The Balaban J connectivity index is 1.81. The molecule has 0 N–H and O–H groups in total. The Morgan fingerprint density at radius 2 is 1.88 bits per heavy atom. The zero-order valence-corrected chi connectivity index (χ0v) is 15.8. The van der Waals surface area contributed by atoms with Crippen LogP contribution in [0.5, 0.6) is 5.75 Å². The molecule has 0 saturated heterocycles. The molecule has 4 heteroatoms. The Morgan fingerprint density at radius 3 is 2.58 bits per heavy atom. The second-order valence-electron chi connectivity index (χ2n) is 5.85. The smallest absolute Gasteiger partial charge is 0.231 e. The van der Waals surface area contributed by atoms with Gasteiger partial charge in [0.05, 0.1) is 13.0 Å². The van der Waals surface area contributed by atoms with Crippen LogP contribution in [0.4, 0.5) is 0 Å². The van der Waals surface area contributed by atoms with Gasteiger partial charge in [0.2, 0.25) is 5.91 Å². The van der Waals surface area contributed by atoms with E-state index in [-0.39, 0.29) is 11.8 Å². The molecule has 3 rings (SSSR count). The molecule has 0 bridgehead atoms. The molecule has 0 spiro atoms. The van der Waals surface area contributed by atoms with Gasteiger partial charge in [-0.1, -0.05) is 42.5 Å². The molecule has 2 aromatic carbocycles. The Hall–Kier alpha value is -1.82. The van der Waals surface area contributed by atoms with Gasteiger partial charge in [-0.3, -0.25) is 4.79 Å². The van der Waals surface area contributed by atoms with E-state index in [9.17, 15) is 4.79 Å². The number of nitrogens with zero attached hydrogens (tertiary/aromatic N) is 1. The van der Waals surface area contributed by atoms with Gasteiger partial charge in [-0.2, -0.15) is 0 Å². The fraction of sp³-hybridized carbons (Fsp3) is 0.250. The van der Waals surface area contributed by atoms with Crippen LogP contribution in [0.1, 0.15) is 23.5 Å². The fourth-order valence-electron chi connectivity index (χ4n) is 2.96. The molecule has 0 aliphatic carbocycles. The number of allylic oxidation sites excluding steroid dienone is 1. The molecule has 0 aromatic heterocycles. The van der Waals surface area contributed by atoms with Crippen LogP contribution >= 0.6 is 22.6 Å². The summed E-state index contributed by atoms with van der Waals surface area (Å²) in [7, 11) is 1.66. The van der Waals surface area contributed by atoms with E-state index in [2.05, 4.69) is 46.9 Å². The van der Waals surface area contributed by atoms with E-state index >= 15 is 0 Å². The van der Waals surface area contributed by atoms with Gasteiger partial charge in [-0.05, 0) is 58.3 Å². The number of rotatable bonds is 4. The normalized spacial score (nSPS) is 17.7. The maximum absolute atomic E-state index is 13.1. The minimum atomic E-state index is -0.102. The van der Waals surface area contributed by atoms with Gasteiger partial charge in [0, 0.05) is 16.7 Å².